The molecule has 0 aliphatic carbocycles. The van der Waals surface area contributed by atoms with Crippen LogP contribution in [0.4, 0.5) is 5.69 Å². The molecule has 2 aromatic rings. The van der Waals surface area contributed by atoms with Gasteiger partial charge >= 0.3 is 0 Å². The van der Waals surface area contributed by atoms with Gasteiger partial charge in [-0.25, -0.2) is 13.1 Å². The standard InChI is InChI=1S/C21H25Cl2N3O3S/c1-15-7-9-17(10-8-15)30(28,29)24-12-16-4-3-11-26(13-16)14-20(27)25-21-18(22)5-2-6-19(21)23/h2,5-10,16,24H,3-4,11-14H2,1H3,(H,25,27). The number of likely N-dealkylation sites (tertiary alicyclic amines) is 1. The lowest BCUT2D eigenvalue weighted by atomic mass is 9.98. The Morgan fingerprint density at radius 3 is 2.47 bits per heavy atom. The van der Waals surface area contributed by atoms with E-state index in [1.54, 1.807) is 42.5 Å². The molecule has 1 saturated heterocycles. The van der Waals surface area contributed by atoms with Gasteiger partial charge in [-0.1, -0.05) is 47.0 Å². The van der Waals surface area contributed by atoms with E-state index in [1.165, 1.54) is 0 Å². The fourth-order valence-corrected chi connectivity index (χ4v) is 5.10. The van der Waals surface area contributed by atoms with Gasteiger partial charge in [0, 0.05) is 13.1 Å². The number of carbonyl (C=O) groups excluding carboxylic acids is 1. The molecule has 1 aliphatic rings. The zero-order chi connectivity index (χ0) is 21.7. The van der Waals surface area contributed by atoms with E-state index in [9.17, 15) is 13.2 Å². The monoisotopic (exact) mass is 469 g/mol. The predicted octanol–water partition coefficient (Wildman–Crippen LogP) is 3.93. The number of para-hydroxylation sites is 1. The van der Waals surface area contributed by atoms with Crippen LogP contribution in [0.3, 0.4) is 0 Å². The first-order valence-corrected chi connectivity index (χ1v) is 12.0. The van der Waals surface area contributed by atoms with Crippen LogP contribution in [0, 0.1) is 12.8 Å². The first-order valence-electron chi connectivity index (χ1n) is 9.77. The molecule has 0 bridgehead atoms. The Kier molecular flexibility index (Phi) is 7.76. The second-order valence-electron chi connectivity index (χ2n) is 7.55. The summed E-state index contributed by atoms with van der Waals surface area (Å²) in [7, 11) is -3.54. The van der Waals surface area contributed by atoms with Crippen molar-refractivity contribution in [3.8, 4) is 0 Å². The Balaban J connectivity index is 1.52. The van der Waals surface area contributed by atoms with Gasteiger partial charge in [-0.15, -0.1) is 0 Å². The second-order valence-corrected chi connectivity index (χ2v) is 10.1. The highest BCUT2D eigenvalue weighted by Gasteiger charge is 2.24. The normalized spacial score (nSPS) is 17.6. The van der Waals surface area contributed by atoms with Crippen molar-refractivity contribution >= 4 is 44.8 Å². The summed E-state index contributed by atoms with van der Waals surface area (Å²) in [6.45, 7) is 3.87. The molecule has 162 valence electrons. The van der Waals surface area contributed by atoms with Crippen molar-refractivity contribution in [2.75, 3.05) is 31.5 Å². The zero-order valence-electron chi connectivity index (χ0n) is 16.7. The minimum atomic E-state index is -3.54. The SMILES string of the molecule is Cc1ccc(S(=O)(=O)NCC2CCCN(CC(=O)Nc3c(Cl)cccc3Cl)C2)cc1. The Bertz CT molecular complexity index is 977. The summed E-state index contributed by atoms with van der Waals surface area (Å²) in [6, 6.07) is 11.8. The Morgan fingerprint density at radius 2 is 1.80 bits per heavy atom. The molecule has 1 atom stereocenters. The number of nitrogens with one attached hydrogen (secondary N) is 2. The van der Waals surface area contributed by atoms with Crippen LogP contribution in [-0.4, -0.2) is 45.4 Å². The van der Waals surface area contributed by atoms with Crippen molar-refractivity contribution in [3.63, 3.8) is 0 Å². The summed E-state index contributed by atoms with van der Waals surface area (Å²) in [5.41, 5.74) is 1.42. The smallest absolute Gasteiger partial charge is 0.240 e. The number of halogens is 2. The fourth-order valence-electron chi connectivity index (χ4n) is 3.49. The number of hydrogen-bond acceptors (Lipinski definition) is 4. The number of sulfonamides is 1. The van der Waals surface area contributed by atoms with E-state index in [0.717, 1.165) is 24.9 Å². The lowest BCUT2D eigenvalue weighted by molar-refractivity contribution is -0.117. The molecule has 1 unspecified atom stereocenters. The minimum absolute atomic E-state index is 0.135. The van der Waals surface area contributed by atoms with Crippen LogP contribution in [-0.2, 0) is 14.8 Å². The molecule has 1 amide bonds. The lowest BCUT2D eigenvalue weighted by Crippen LogP contribution is -2.43. The van der Waals surface area contributed by atoms with Gasteiger partial charge in [-0.3, -0.25) is 9.69 Å². The van der Waals surface area contributed by atoms with E-state index < -0.39 is 10.0 Å². The number of carbonyl (C=O) groups is 1. The number of piperidine rings is 1. The number of rotatable bonds is 7. The van der Waals surface area contributed by atoms with E-state index in [0.29, 0.717) is 28.8 Å². The summed E-state index contributed by atoms with van der Waals surface area (Å²) in [5, 5.41) is 3.54. The van der Waals surface area contributed by atoms with E-state index in [-0.39, 0.29) is 23.3 Å². The third-order valence-electron chi connectivity index (χ3n) is 5.09. The van der Waals surface area contributed by atoms with Crippen molar-refractivity contribution in [2.24, 2.45) is 5.92 Å². The first kappa shape index (κ1) is 23.0. The predicted molar refractivity (Wildman–Crippen MR) is 121 cm³/mol. The van der Waals surface area contributed by atoms with Crippen molar-refractivity contribution < 1.29 is 13.2 Å². The van der Waals surface area contributed by atoms with Crippen LogP contribution in [0.1, 0.15) is 18.4 Å². The molecule has 30 heavy (non-hydrogen) atoms. The van der Waals surface area contributed by atoms with Crippen LogP contribution in [0.2, 0.25) is 10.0 Å². The van der Waals surface area contributed by atoms with E-state index >= 15 is 0 Å². The molecule has 9 heteroatoms. The lowest BCUT2D eigenvalue weighted by Gasteiger charge is -2.32. The van der Waals surface area contributed by atoms with Gasteiger partial charge in [-0.2, -0.15) is 0 Å². The van der Waals surface area contributed by atoms with Gasteiger partial charge < -0.3 is 5.32 Å². The number of benzene rings is 2. The molecule has 0 saturated carbocycles. The maximum Gasteiger partial charge on any atom is 0.240 e. The Labute approximate surface area is 187 Å². The molecule has 0 aromatic heterocycles. The molecule has 6 nitrogen and oxygen atoms in total. The van der Waals surface area contributed by atoms with Crippen LogP contribution in [0.15, 0.2) is 47.4 Å². The molecule has 2 N–H and O–H groups in total. The molecule has 2 aromatic carbocycles. The molecular weight excluding hydrogens is 445 g/mol. The molecule has 1 fully saturated rings. The number of amides is 1. The number of aryl methyl sites for hydroxylation is 1. The van der Waals surface area contributed by atoms with Crippen LogP contribution >= 0.6 is 23.2 Å². The van der Waals surface area contributed by atoms with Crippen molar-refractivity contribution in [3.05, 3.63) is 58.1 Å². The van der Waals surface area contributed by atoms with Gasteiger partial charge in [0.15, 0.2) is 0 Å². The van der Waals surface area contributed by atoms with Crippen molar-refractivity contribution in [1.82, 2.24) is 9.62 Å². The second kappa shape index (κ2) is 10.1. The summed E-state index contributed by atoms with van der Waals surface area (Å²) < 4.78 is 27.7. The highest BCUT2D eigenvalue weighted by molar-refractivity contribution is 7.89. The average Bonchev–Trinajstić information content (AvgIpc) is 2.70. The molecule has 0 radical (unpaired) electrons. The van der Waals surface area contributed by atoms with Gasteiger partial charge in [0.05, 0.1) is 27.2 Å². The first-order chi connectivity index (χ1) is 14.2. The third kappa shape index (κ3) is 6.18. The maximum absolute atomic E-state index is 12.5. The summed E-state index contributed by atoms with van der Waals surface area (Å²) in [6.07, 6.45) is 1.81. The summed E-state index contributed by atoms with van der Waals surface area (Å²) in [4.78, 5) is 14.7. The molecule has 1 aliphatic heterocycles. The Hall–Kier alpha value is -1.64. The molecule has 3 rings (SSSR count). The largest absolute Gasteiger partial charge is 0.322 e. The number of anilines is 1. The van der Waals surface area contributed by atoms with Gasteiger partial charge in [0.25, 0.3) is 0 Å². The highest BCUT2D eigenvalue weighted by Crippen LogP contribution is 2.29. The fraction of sp³-hybridized carbons (Fsp3) is 0.381. The number of hydrogen-bond donors (Lipinski definition) is 2. The maximum atomic E-state index is 12.5. The molecule has 1 heterocycles. The van der Waals surface area contributed by atoms with Crippen molar-refractivity contribution in [1.29, 1.82) is 0 Å². The third-order valence-corrected chi connectivity index (χ3v) is 7.16. The van der Waals surface area contributed by atoms with E-state index in [1.807, 2.05) is 11.8 Å². The van der Waals surface area contributed by atoms with Crippen molar-refractivity contribution in [2.45, 2.75) is 24.7 Å². The van der Waals surface area contributed by atoms with E-state index in [2.05, 4.69) is 10.0 Å². The molecular formula is C21H25Cl2N3O3S. The minimum Gasteiger partial charge on any atom is -0.322 e. The van der Waals surface area contributed by atoms with Crippen LogP contribution in [0.25, 0.3) is 0 Å². The Morgan fingerprint density at radius 1 is 1.13 bits per heavy atom. The van der Waals surface area contributed by atoms with E-state index in [4.69, 9.17) is 23.2 Å². The highest BCUT2D eigenvalue weighted by atomic mass is 35.5. The summed E-state index contributed by atoms with van der Waals surface area (Å²) >= 11 is 12.2. The summed E-state index contributed by atoms with van der Waals surface area (Å²) in [5.74, 6) is -0.0680. The quantitative estimate of drug-likeness (QED) is 0.643. The topological polar surface area (TPSA) is 78.5 Å². The number of nitrogens with zero attached hydrogens (tertiary/aromatic N) is 1. The van der Waals surface area contributed by atoms with Crippen LogP contribution < -0.4 is 10.0 Å². The molecule has 0 spiro atoms. The van der Waals surface area contributed by atoms with Gasteiger partial charge in [0.1, 0.15) is 0 Å². The van der Waals surface area contributed by atoms with Crippen LogP contribution in [0.5, 0.6) is 0 Å². The zero-order valence-corrected chi connectivity index (χ0v) is 19.0. The van der Waals surface area contributed by atoms with Gasteiger partial charge in [0.2, 0.25) is 15.9 Å². The van der Waals surface area contributed by atoms with Gasteiger partial charge in [-0.05, 0) is 56.5 Å². The average molecular weight is 470 g/mol.